The van der Waals surface area contributed by atoms with Gasteiger partial charge in [-0.15, -0.1) is 0 Å². The highest BCUT2D eigenvalue weighted by atomic mass is 16.5. The second kappa shape index (κ2) is 6.00. The maximum absolute atomic E-state index is 5.78. The van der Waals surface area contributed by atoms with E-state index in [4.69, 9.17) is 9.47 Å². The first-order chi connectivity index (χ1) is 9.49. The highest BCUT2D eigenvalue weighted by Gasteiger charge is 2.12. The molecule has 0 spiro atoms. The number of hydrogen-bond donors (Lipinski definition) is 0. The molecule has 2 aromatic rings. The Hall–Kier alpha value is -1.96. The smallest absolute Gasteiger partial charge is 0.123 e. The van der Waals surface area contributed by atoms with Crippen molar-refractivity contribution in [2.45, 2.75) is 32.8 Å². The summed E-state index contributed by atoms with van der Waals surface area (Å²) in [6, 6.07) is 16.3. The van der Waals surface area contributed by atoms with Gasteiger partial charge in [0.2, 0.25) is 0 Å². The molecule has 2 aromatic carbocycles. The van der Waals surface area contributed by atoms with Crippen LogP contribution in [0.4, 0.5) is 0 Å². The van der Waals surface area contributed by atoms with Gasteiger partial charge in [0, 0.05) is 6.07 Å². The lowest BCUT2D eigenvalue weighted by atomic mass is 9.87. The molecule has 20 heavy (non-hydrogen) atoms. The van der Waals surface area contributed by atoms with E-state index in [0.717, 1.165) is 11.5 Å². The first-order valence-corrected chi connectivity index (χ1v) is 6.85. The molecule has 2 nitrogen and oxygen atoms in total. The largest absolute Gasteiger partial charge is 0.497 e. The van der Waals surface area contributed by atoms with Gasteiger partial charge in [0.25, 0.3) is 0 Å². The summed E-state index contributed by atoms with van der Waals surface area (Å²) in [6.45, 7) is 7.22. The predicted molar refractivity (Wildman–Crippen MR) is 82.5 cm³/mol. The Morgan fingerprint density at radius 1 is 0.900 bits per heavy atom. The van der Waals surface area contributed by atoms with Crippen molar-refractivity contribution in [1.29, 1.82) is 0 Å². The average Bonchev–Trinajstić information content (AvgIpc) is 2.45. The monoisotopic (exact) mass is 270 g/mol. The lowest BCUT2D eigenvalue weighted by Crippen LogP contribution is -2.10. The molecule has 0 N–H and O–H groups in total. The van der Waals surface area contributed by atoms with E-state index < -0.39 is 0 Å². The van der Waals surface area contributed by atoms with Crippen LogP contribution in [0.25, 0.3) is 0 Å². The van der Waals surface area contributed by atoms with Crippen LogP contribution in [0.2, 0.25) is 0 Å². The number of rotatable bonds is 4. The van der Waals surface area contributed by atoms with Gasteiger partial charge in [0.15, 0.2) is 0 Å². The van der Waals surface area contributed by atoms with E-state index in [1.165, 1.54) is 11.1 Å². The Morgan fingerprint density at radius 3 is 2.15 bits per heavy atom. The molecule has 106 valence electrons. The molecule has 0 aliphatic carbocycles. The van der Waals surface area contributed by atoms with E-state index in [1.54, 1.807) is 7.11 Å². The fourth-order valence-corrected chi connectivity index (χ4v) is 1.96. The Bertz CT molecular complexity index is 550. The number of hydrogen-bond acceptors (Lipinski definition) is 2. The third-order valence-corrected chi connectivity index (χ3v) is 3.27. The summed E-state index contributed by atoms with van der Waals surface area (Å²) in [4.78, 5) is 0. The summed E-state index contributed by atoms with van der Waals surface area (Å²) in [5, 5.41) is 0. The third kappa shape index (κ3) is 3.77. The second-order valence-electron chi connectivity index (χ2n) is 5.91. The number of benzene rings is 2. The molecule has 0 aliphatic rings. The minimum Gasteiger partial charge on any atom is -0.497 e. The van der Waals surface area contributed by atoms with Crippen LogP contribution in [0, 0.1) is 0 Å². The van der Waals surface area contributed by atoms with Crippen LogP contribution in [-0.4, -0.2) is 7.11 Å². The van der Waals surface area contributed by atoms with Crippen molar-refractivity contribution in [3.8, 4) is 11.5 Å². The topological polar surface area (TPSA) is 18.5 Å². The number of methoxy groups -OCH3 is 1. The van der Waals surface area contributed by atoms with Crippen LogP contribution in [-0.2, 0) is 12.0 Å². The summed E-state index contributed by atoms with van der Waals surface area (Å²) >= 11 is 0. The lowest BCUT2D eigenvalue weighted by Gasteiger charge is -2.19. The Morgan fingerprint density at radius 2 is 1.55 bits per heavy atom. The molecule has 0 atom stereocenters. The minimum absolute atomic E-state index is 0.187. The van der Waals surface area contributed by atoms with E-state index in [2.05, 4.69) is 45.0 Å². The van der Waals surface area contributed by atoms with Crippen LogP contribution in [0.5, 0.6) is 11.5 Å². The first-order valence-electron chi connectivity index (χ1n) is 6.85. The highest BCUT2D eigenvalue weighted by Crippen LogP contribution is 2.23. The van der Waals surface area contributed by atoms with Crippen LogP contribution in [0.15, 0.2) is 48.5 Å². The van der Waals surface area contributed by atoms with Gasteiger partial charge in [-0.05, 0) is 28.7 Å². The first kappa shape index (κ1) is 14.4. The van der Waals surface area contributed by atoms with Crippen molar-refractivity contribution >= 4 is 0 Å². The average molecular weight is 270 g/mol. The van der Waals surface area contributed by atoms with Gasteiger partial charge in [-0.1, -0.05) is 51.1 Å². The predicted octanol–water partition coefficient (Wildman–Crippen LogP) is 4.57. The zero-order valence-corrected chi connectivity index (χ0v) is 12.6. The SMILES string of the molecule is COc1cccc(OCc2ccc(C(C)(C)C)cc2)c1. The number of ether oxygens (including phenoxy) is 2. The van der Waals surface area contributed by atoms with Gasteiger partial charge in [-0.2, -0.15) is 0 Å². The summed E-state index contributed by atoms with van der Waals surface area (Å²) in [5.74, 6) is 1.63. The van der Waals surface area contributed by atoms with Crippen molar-refractivity contribution in [3.63, 3.8) is 0 Å². The molecule has 0 fully saturated rings. The van der Waals surface area contributed by atoms with Gasteiger partial charge >= 0.3 is 0 Å². The molecule has 0 bridgehead atoms. The van der Waals surface area contributed by atoms with Crippen molar-refractivity contribution in [2.75, 3.05) is 7.11 Å². The molecule has 0 amide bonds. The lowest BCUT2D eigenvalue weighted by molar-refractivity contribution is 0.303. The van der Waals surface area contributed by atoms with Crippen molar-refractivity contribution < 1.29 is 9.47 Å². The van der Waals surface area contributed by atoms with E-state index in [0.29, 0.717) is 6.61 Å². The zero-order chi connectivity index (χ0) is 14.6. The van der Waals surface area contributed by atoms with Crippen LogP contribution in [0.3, 0.4) is 0 Å². The molecule has 0 saturated heterocycles. The van der Waals surface area contributed by atoms with Crippen LogP contribution >= 0.6 is 0 Å². The Balaban J connectivity index is 2.00. The van der Waals surface area contributed by atoms with Gasteiger partial charge in [0.1, 0.15) is 18.1 Å². The van der Waals surface area contributed by atoms with E-state index in [1.807, 2.05) is 24.3 Å². The third-order valence-electron chi connectivity index (χ3n) is 3.27. The molecule has 2 heteroatoms. The van der Waals surface area contributed by atoms with Crippen molar-refractivity contribution in [3.05, 3.63) is 59.7 Å². The molecule has 0 heterocycles. The van der Waals surface area contributed by atoms with E-state index in [-0.39, 0.29) is 5.41 Å². The molecule has 0 aromatic heterocycles. The van der Waals surface area contributed by atoms with Gasteiger partial charge in [-0.25, -0.2) is 0 Å². The maximum Gasteiger partial charge on any atom is 0.123 e. The highest BCUT2D eigenvalue weighted by molar-refractivity contribution is 5.33. The van der Waals surface area contributed by atoms with E-state index >= 15 is 0 Å². The summed E-state index contributed by atoms with van der Waals surface area (Å²) < 4.78 is 11.0. The maximum atomic E-state index is 5.78. The molecule has 0 unspecified atom stereocenters. The van der Waals surface area contributed by atoms with Crippen LogP contribution in [0.1, 0.15) is 31.9 Å². The fourth-order valence-electron chi connectivity index (χ4n) is 1.96. The Labute approximate surface area is 121 Å². The van der Waals surface area contributed by atoms with E-state index in [9.17, 15) is 0 Å². The fraction of sp³-hybridized carbons (Fsp3) is 0.333. The molecule has 0 saturated carbocycles. The van der Waals surface area contributed by atoms with Crippen LogP contribution < -0.4 is 9.47 Å². The zero-order valence-electron chi connectivity index (χ0n) is 12.6. The summed E-state index contributed by atoms with van der Waals surface area (Å²) in [7, 11) is 1.66. The molecule has 2 rings (SSSR count). The second-order valence-corrected chi connectivity index (χ2v) is 5.91. The van der Waals surface area contributed by atoms with Crippen molar-refractivity contribution in [2.24, 2.45) is 0 Å². The molecule has 0 aliphatic heterocycles. The summed E-state index contributed by atoms with van der Waals surface area (Å²) in [5.41, 5.74) is 2.69. The van der Waals surface area contributed by atoms with Gasteiger partial charge < -0.3 is 9.47 Å². The van der Waals surface area contributed by atoms with Gasteiger partial charge in [-0.3, -0.25) is 0 Å². The molecular formula is C18H22O2. The van der Waals surface area contributed by atoms with Crippen molar-refractivity contribution in [1.82, 2.24) is 0 Å². The normalized spacial score (nSPS) is 11.2. The van der Waals surface area contributed by atoms with Gasteiger partial charge in [0.05, 0.1) is 7.11 Å². The standard InChI is InChI=1S/C18H22O2/c1-18(2,3)15-10-8-14(9-11-15)13-20-17-7-5-6-16(12-17)19-4/h5-12H,13H2,1-4H3. The molecular weight excluding hydrogens is 248 g/mol. The minimum atomic E-state index is 0.187. The quantitative estimate of drug-likeness (QED) is 0.810. The Kier molecular flexibility index (Phi) is 4.33. The summed E-state index contributed by atoms with van der Waals surface area (Å²) in [6.07, 6.45) is 0. The molecule has 0 radical (unpaired) electrons.